The largest absolute Gasteiger partial charge is 0.355 e. The predicted octanol–water partition coefficient (Wildman–Crippen LogP) is 3.77. The number of benzene rings is 2. The van der Waals surface area contributed by atoms with Crippen LogP contribution in [0.5, 0.6) is 0 Å². The molecular weight excluding hydrogens is 298 g/mol. The van der Waals surface area contributed by atoms with Crippen molar-refractivity contribution in [2.75, 3.05) is 11.9 Å². The minimum absolute atomic E-state index is 0.768. The quantitative estimate of drug-likeness (QED) is 0.623. The minimum atomic E-state index is 0.768. The normalized spacial score (nSPS) is 14.3. The molecule has 1 aliphatic rings. The van der Waals surface area contributed by atoms with Gasteiger partial charge >= 0.3 is 0 Å². The second-order valence-corrected chi connectivity index (χ2v) is 6.33. The molecule has 5 nitrogen and oxygen atoms in total. The Kier molecular flexibility index (Phi) is 2.98. The monoisotopic (exact) mass is 315 g/mol. The van der Waals surface area contributed by atoms with Crippen molar-refractivity contribution in [1.29, 1.82) is 0 Å². The van der Waals surface area contributed by atoms with Crippen molar-refractivity contribution in [2.45, 2.75) is 12.8 Å². The number of aromatic nitrogens is 4. The van der Waals surface area contributed by atoms with Crippen molar-refractivity contribution in [3.05, 3.63) is 54.6 Å². The third-order valence-electron chi connectivity index (χ3n) is 4.52. The summed E-state index contributed by atoms with van der Waals surface area (Å²) in [4.78, 5) is 4.83. The number of nitrogens with zero attached hydrogens (tertiary/aromatic N) is 4. The molecule has 1 N–H and O–H groups in total. The Morgan fingerprint density at radius 2 is 1.75 bits per heavy atom. The molecule has 1 fully saturated rings. The number of hydrogen-bond donors (Lipinski definition) is 1. The standard InChI is InChI=1S/C19H17N5/c1-2-6-14(7-3-1)17-22-23-18-15-8-4-5-9-16(15)21-19(24(17)18)20-12-13-10-11-13/h1-9,13H,10-12H2,(H,20,21). The highest BCUT2D eigenvalue weighted by molar-refractivity contribution is 5.93. The lowest BCUT2D eigenvalue weighted by molar-refractivity contribution is 0.870. The van der Waals surface area contributed by atoms with E-state index >= 15 is 0 Å². The molecule has 4 aromatic rings. The topological polar surface area (TPSA) is 55.1 Å². The number of nitrogens with one attached hydrogen (secondary N) is 1. The van der Waals surface area contributed by atoms with Gasteiger partial charge in [0.05, 0.1) is 5.52 Å². The summed E-state index contributed by atoms with van der Waals surface area (Å²) in [7, 11) is 0. The molecule has 0 bridgehead atoms. The Morgan fingerprint density at radius 3 is 2.58 bits per heavy atom. The molecule has 0 unspecified atom stereocenters. The van der Waals surface area contributed by atoms with E-state index in [4.69, 9.17) is 4.98 Å². The lowest BCUT2D eigenvalue weighted by Gasteiger charge is -2.11. The maximum absolute atomic E-state index is 4.83. The van der Waals surface area contributed by atoms with Crippen LogP contribution in [-0.2, 0) is 0 Å². The van der Waals surface area contributed by atoms with Gasteiger partial charge in [-0.3, -0.25) is 0 Å². The van der Waals surface area contributed by atoms with Crippen molar-refractivity contribution >= 4 is 22.5 Å². The van der Waals surface area contributed by atoms with Crippen LogP contribution in [0.25, 0.3) is 27.9 Å². The molecule has 0 aliphatic heterocycles. The average Bonchev–Trinajstić information content (AvgIpc) is 3.36. The molecule has 0 atom stereocenters. The van der Waals surface area contributed by atoms with Crippen LogP contribution in [0.1, 0.15) is 12.8 Å². The van der Waals surface area contributed by atoms with Gasteiger partial charge in [0, 0.05) is 17.5 Å². The summed E-state index contributed by atoms with van der Waals surface area (Å²) >= 11 is 0. The zero-order chi connectivity index (χ0) is 15.9. The van der Waals surface area contributed by atoms with Crippen LogP contribution in [0.15, 0.2) is 54.6 Å². The van der Waals surface area contributed by atoms with Crippen molar-refractivity contribution in [1.82, 2.24) is 19.6 Å². The Labute approximate surface area is 139 Å². The lowest BCUT2D eigenvalue weighted by Crippen LogP contribution is -2.10. The van der Waals surface area contributed by atoms with Crippen LogP contribution in [0.4, 0.5) is 5.95 Å². The van der Waals surface area contributed by atoms with Crippen molar-refractivity contribution in [3.63, 3.8) is 0 Å². The summed E-state index contributed by atoms with van der Waals surface area (Å²) in [6.45, 7) is 0.951. The van der Waals surface area contributed by atoms with Gasteiger partial charge in [-0.15, -0.1) is 10.2 Å². The molecule has 0 spiro atoms. The molecule has 2 aromatic carbocycles. The Bertz CT molecular complexity index is 1020. The van der Waals surface area contributed by atoms with Crippen LogP contribution in [0.3, 0.4) is 0 Å². The SMILES string of the molecule is c1ccc(-c2nnc3c4ccccc4nc(NCC4CC4)n23)cc1. The molecule has 1 aliphatic carbocycles. The fourth-order valence-corrected chi connectivity index (χ4v) is 3.03. The van der Waals surface area contributed by atoms with Gasteiger partial charge in [-0.1, -0.05) is 42.5 Å². The van der Waals surface area contributed by atoms with E-state index in [9.17, 15) is 0 Å². The van der Waals surface area contributed by atoms with E-state index in [1.54, 1.807) is 0 Å². The van der Waals surface area contributed by atoms with E-state index < -0.39 is 0 Å². The highest BCUT2D eigenvalue weighted by Crippen LogP contribution is 2.30. The first-order chi connectivity index (χ1) is 11.9. The van der Waals surface area contributed by atoms with Gasteiger partial charge in [-0.2, -0.15) is 0 Å². The fraction of sp³-hybridized carbons (Fsp3) is 0.211. The molecule has 118 valence electrons. The highest BCUT2D eigenvalue weighted by Gasteiger charge is 2.22. The second-order valence-electron chi connectivity index (χ2n) is 6.33. The van der Waals surface area contributed by atoms with Crippen LogP contribution in [0, 0.1) is 5.92 Å². The molecule has 0 saturated heterocycles. The third kappa shape index (κ3) is 2.21. The number of para-hydroxylation sites is 1. The summed E-state index contributed by atoms with van der Waals surface area (Å²) in [5.74, 6) is 2.41. The number of rotatable bonds is 4. The van der Waals surface area contributed by atoms with E-state index in [-0.39, 0.29) is 0 Å². The molecule has 5 rings (SSSR count). The van der Waals surface area contributed by atoms with Crippen molar-refractivity contribution in [2.24, 2.45) is 5.92 Å². The Hall–Kier alpha value is -2.95. The fourth-order valence-electron chi connectivity index (χ4n) is 3.03. The van der Waals surface area contributed by atoms with Gasteiger partial charge in [0.1, 0.15) is 0 Å². The van der Waals surface area contributed by atoms with Crippen LogP contribution in [0.2, 0.25) is 0 Å². The number of anilines is 1. The van der Waals surface area contributed by atoms with Crippen molar-refractivity contribution in [3.8, 4) is 11.4 Å². The van der Waals surface area contributed by atoms with Crippen LogP contribution >= 0.6 is 0 Å². The van der Waals surface area contributed by atoms with Gasteiger partial charge in [-0.25, -0.2) is 9.38 Å². The first-order valence-corrected chi connectivity index (χ1v) is 8.33. The second kappa shape index (κ2) is 5.30. The van der Waals surface area contributed by atoms with Gasteiger partial charge < -0.3 is 5.32 Å². The van der Waals surface area contributed by atoms with Gasteiger partial charge in [-0.05, 0) is 30.9 Å². The molecule has 1 saturated carbocycles. The van der Waals surface area contributed by atoms with Gasteiger partial charge in [0.25, 0.3) is 0 Å². The van der Waals surface area contributed by atoms with Crippen LogP contribution in [-0.4, -0.2) is 26.1 Å². The van der Waals surface area contributed by atoms with E-state index in [2.05, 4.69) is 27.6 Å². The predicted molar refractivity (Wildman–Crippen MR) is 94.9 cm³/mol. The summed E-state index contributed by atoms with van der Waals surface area (Å²) in [5, 5.41) is 13.4. The molecule has 2 heterocycles. The van der Waals surface area contributed by atoms with Crippen molar-refractivity contribution < 1.29 is 0 Å². The summed E-state index contributed by atoms with van der Waals surface area (Å²) in [6.07, 6.45) is 2.61. The summed E-state index contributed by atoms with van der Waals surface area (Å²) in [5.41, 5.74) is 2.82. The maximum Gasteiger partial charge on any atom is 0.211 e. The van der Waals surface area contributed by atoms with Crippen LogP contribution < -0.4 is 5.32 Å². The molecule has 0 amide bonds. The third-order valence-corrected chi connectivity index (χ3v) is 4.52. The first-order valence-electron chi connectivity index (χ1n) is 8.33. The lowest BCUT2D eigenvalue weighted by atomic mass is 10.2. The highest BCUT2D eigenvalue weighted by atomic mass is 15.3. The van der Waals surface area contributed by atoms with Gasteiger partial charge in [0.15, 0.2) is 11.5 Å². The van der Waals surface area contributed by atoms with E-state index in [1.807, 2.05) is 46.9 Å². The van der Waals surface area contributed by atoms with E-state index in [1.165, 1.54) is 12.8 Å². The molecule has 2 aromatic heterocycles. The van der Waals surface area contributed by atoms with E-state index in [0.29, 0.717) is 0 Å². The summed E-state index contributed by atoms with van der Waals surface area (Å²) in [6, 6.07) is 18.2. The smallest absolute Gasteiger partial charge is 0.211 e. The summed E-state index contributed by atoms with van der Waals surface area (Å²) < 4.78 is 2.04. The Morgan fingerprint density at radius 1 is 0.958 bits per heavy atom. The average molecular weight is 315 g/mol. The zero-order valence-corrected chi connectivity index (χ0v) is 13.2. The Balaban J connectivity index is 1.76. The maximum atomic E-state index is 4.83. The first kappa shape index (κ1) is 13.5. The minimum Gasteiger partial charge on any atom is -0.355 e. The molecule has 24 heavy (non-hydrogen) atoms. The number of fused-ring (bicyclic) bond motifs is 3. The number of hydrogen-bond acceptors (Lipinski definition) is 4. The van der Waals surface area contributed by atoms with Gasteiger partial charge in [0.2, 0.25) is 5.95 Å². The molecule has 5 heteroatoms. The zero-order valence-electron chi connectivity index (χ0n) is 13.2. The van der Waals surface area contributed by atoms with E-state index in [0.717, 1.165) is 46.3 Å². The molecular formula is C19H17N5. The molecule has 0 radical (unpaired) electrons.